The quantitative estimate of drug-likeness (QED) is 0.478. The van der Waals surface area contributed by atoms with Gasteiger partial charge in [-0.3, -0.25) is 9.78 Å². The second kappa shape index (κ2) is 8.69. The Balaban J connectivity index is 1.80. The van der Waals surface area contributed by atoms with Crippen LogP contribution < -0.4 is 10.5 Å². The van der Waals surface area contributed by atoms with Gasteiger partial charge in [-0.1, -0.05) is 30.0 Å². The summed E-state index contributed by atoms with van der Waals surface area (Å²) < 4.78 is 5.43. The third-order valence-corrected chi connectivity index (χ3v) is 5.38. The molecule has 1 aromatic carbocycles. The van der Waals surface area contributed by atoms with E-state index in [4.69, 9.17) is 10.5 Å². The molecule has 0 aliphatic rings. The lowest BCUT2D eigenvalue weighted by molar-refractivity contribution is 0.0994. The molecule has 4 aromatic rings. The summed E-state index contributed by atoms with van der Waals surface area (Å²) in [6.45, 7) is 0. The van der Waals surface area contributed by atoms with Gasteiger partial charge in [-0.25, -0.2) is 4.98 Å². The SMILES string of the molecule is COc1c(-c2ccc(C#Cc3cccnc3)cc2)nc(-c2cccs2)c(O)c1C(N)=O. The Morgan fingerprint density at radius 3 is 2.45 bits per heavy atom. The van der Waals surface area contributed by atoms with Crippen LogP contribution in [-0.2, 0) is 0 Å². The molecule has 0 aliphatic heterocycles. The first-order chi connectivity index (χ1) is 15.1. The molecule has 0 saturated carbocycles. The fourth-order valence-electron chi connectivity index (χ4n) is 3.06. The molecule has 3 aromatic heterocycles. The van der Waals surface area contributed by atoms with Gasteiger partial charge in [-0.15, -0.1) is 11.3 Å². The first-order valence-corrected chi connectivity index (χ1v) is 10.1. The highest BCUT2D eigenvalue weighted by molar-refractivity contribution is 7.13. The number of carbonyl (C=O) groups excluding carboxylic acids is 1. The molecule has 0 atom stereocenters. The van der Waals surface area contributed by atoms with Gasteiger partial charge in [-0.05, 0) is 35.7 Å². The number of ether oxygens (including phenoxy) is 1. The maximum atomic E-state index is 12.1. The summed E-state index contributed by atoms with van der Waals surface area (Å²) in [5.41, 5.74) is 8.46. The molecular formula is C24H17N3O3S. The maximum Gasteiger partial charge on any atom is 0.256 e. The van der Waals surface area contributed by atoms with Crippen molar-refractivity contribution in [3.05, 3.63) is 83.0 Å². The highest BCUT2D eigenvalue weighted by atomic mass is 32.1. The van der Waals surface area contributed by atoms with Crippen molar-refractivity contribution < 1.29 is 14.6 Å². The predicted molar refractivity (Wildman–Crippen MR) is 120 cm³/mol. The molecule has 7 heteroatoms. The maximum absolute atomic E-state index is 12.1. The Labute approximate surface area is 183 Å². The van der Waals surface area contributed by atoms with Gasteiger partial charge in [0.15, 0.2) is 11.5 Å². The van der Waals surface area contributed by atoms with Crippen LogP contribution in [0.3, 0.4) is 0 Å². The van der Waals surface area contributed by atoms with Crippen LogP contribution in [0.4, 0.5) is 0 Å². The number of primary amides is 1. The van der Waals surface area contributed by atoms with Crippen LogP contribution in [0.25, 0.3) is 21.8 Å². The van der Waals surface area contributed by atoms with Crippen LogP contribution in [0.2, 0.25) is 0 Å². The molecule has 0 fully saturated rings. The first kappa shape index (κ1) is 20.1. The molecule has 0 bridgehead atoms. The molecule has 3 N–H and O–H groups in total. The molecular weight excluding hydrogens is 410 g/mol. The van der Waals surface area contributed by atoms with E-state index in [1.165, 1.54) is 18.4 Å². The van der Waals surface area contributed by atoms with Gasteiger partial charge in [0.2, 0.25) is 0 Å². The van der Waals surface area contributed by atoms with Crippen LogP contribution in [0.15, 0.2) is 66.3 Å². The van der Waals surface area contributed by atoms with E-state index < -0.39 is 5.91 Å². The van der Waals surface area contributed by atoms with Crippen molar-refractivity contribution in [2.75, 3.05) is 7.11 Å². The molecule has 6 nitrogen and oxygen atoms in total. The monoisotopic (exact) mass is 427 g/mol. The van der Waals surface area contributed by atoms with Gasteiger partial charge < -0.3 is 15.6 Å². The summed E-state index contributed by atoms with van der Waals surface area (Å²) in [6, 6.07) is 14.7. The normalized spacial score (nSPS) is 10.2. The number of benzene rings is 1. The van der Waals surface area contributed by atoms with Gasteiger partial charge in [0.25, 0.3) is 5.91 Å². The number of carbonyl (C=O) groups is 1. The van der Waals surface area contributed by atoms with Gasteiger partial charge in [0.05, 0.1) is 12.0 Å². The van der Waals surface area contributed by atoms with Crippen molar-refractivity contribution in [2.24, 2.45) is 5.73 Å². The molecule has 31 heavy (non-hydrogen) atoms. The Hall–Kier alpha value is -4.15. The van der Waals surface area contributed by atoms with Gasteiger partial charge in [-0.2, -0.15) is 0 Å². The summed E-state index contributed by atoms with van der Waals surface area (Å²) >= 11 is 1.40. The molecule has 1 amide bonds. The average molecular weight is 427 g/mol. The Kier molecular flexibility index (Phi) is 5.65. The van der Waals surface area contributed by atoms with Crippen LogP contribution in [-0.4, -0.2) is 28.1 Å². The van der Waals surface area contributed by atoms with Crippen molar-refractivity contribution in [1.29, 1.82) is 0 Å². The molecule has 0 aliphatic carbocycles. The van der Waals surface area contributed by atoms with E-state index in [0.29, 0.717) is 16.1 Å². The molecule has 0 saturated heterocycles. The van der Waals surface area contributed by atoms with Crippen molar-refractivity contribution in [1.82, 2.24) is 9.97 Å². The first-order valence-electron chi connectivity index (χ1n) is 9.25. The zero-order chi connectivity index (χ0) is 21.8. The summed E-state index contributed by atoms with van der Waals surface area (Å²) in [5, 5.41) is 12.5. The number of thiophene rings is 1. The Bertz CT molecular complexity index is 1290. The fourth-order valence-corrected chi connectivity index (χ4v) is 3.78. The second-order valence-electron chi connectivity index (χ2n) is 6.48. The van der Waals surface area contributed by atoms with E-state index in [1.807, 2.05) is 53.9 Å². The minimum atomic E-state index is -0.797. The summed E-state index contributed by atoms with van der Waals surface area (Å²) in [4.78, 5) is 21.5. The third-order valence-electron chi connectivity index (χ3n) is 4.50. The van der Waals surface area contributed by atoms with Crippen LogP contribution in [0.1, 0.15) is 21.5 Å². The fraction of sp³-hybridized carbons (Fsp3) is 0.0417. The minimum Gasteiger partial charge on any atom is -0.505 e. The van der Waals surface area contributed by atoms with E-state index in [2.05, 4.69) is 21.8 Å². The number of rotatable bonds is 4. The topological polar surface area (TPSA) is 98.3 Å². The van der Waals surface area contributed by atoms with E-state index in [-0.39, 0.29) is 22.8 Å². The number of hydrogen-bond donors (Lipinski definition) is 2. The van der Waals surface area contributed by atoms with Gasteiger partial charge in [0.1, 0.15) is 17.0 Å². The average Bonchev–Trinajstić information content (AvgIpc) is 3.33. The minimum absolute atomic E-state index is 0.101. The molecule has 0 unspecified atom stereocenters. The van der Waals surface area contributed by atoms with Crippen LogP contribution >= 0.6 is 11.3 Å². The largest absolute Gasteiger partial charge is 0.505 e. The zero-order valence-corrected chi connectivity index (χ0v) is 17.3. The smallest absolute Gasteiger partial charge is 0.256 e. The number of pyridine rings is 2. The number of aromatic hydroxyl groups is 1. The summed E-state index contributed by atoms with van der Waals surface area (Å²) in [6.07, 6.45) is 3.40. The summed E-state index contributed by atoms with van der Waals surface area (Å²) in [7, 11) is 1.41. The summed E-state index contributed by atoms with van der Waals surface area (Å²) in [5.74, 6) is 5.17. The van der Waals surface area contributed by atoms with E-state index in [0.717, 1.165) is 11.1 Å². The number of amides is 1. The standard InChI is InChI=1S/C24H17N3O3S/c1-30-23-19(24(25)29)22(28)21(18-5-3-13-31-18)27-20(23)17-10-8-15(9-11-17)6-7-16-4-2-12-26-14-16/h2-5,8-14,28H,1H3,(H2,25,29). The van der Waals surface area contributed by atoms with Crippen molar-refractivity contribution in [3.63, 3.8) is 0 Å². The van der Waals surface area contributed by atoms with E-state index >= 15 is 0 Å². The lowest BCUT2D eigenvalue weighted by Gasteiger charge is -2.15. The number of aromatic nitrogens is 2. The zero-order valence-electron chi connectivity index (χ0n) is 16.5. The predicted octanol–water partition coefficient (Wildman–Crippen LogP) is 4.09. The number of methoxy groups -OCH3 is 1. The van der Waals surface area contributed by atoms with Crippen LogP contribution in [0, 0.1) is 11.8 Å². The molecule has 152 valence electrons. The van der Waals surface area contributed by atoms with Crippen molar-refractivity contribution in [3.8, 4) is 45.2 Å². The lowest BCUT2D eigenvalue weighted by atomic mass is 10.0. The second-order valence-corrected chi connectivity index (χ2v) is 7.42. The highest BCUT2D eigenvalue weighted by Crippen LogP contribution is 2.42. The van der Waals surface area contributed by atoms with Gasteiger partial charge >= 0.3 is 0 Å². The van der Waals surface area contributed by atoms with E-state index in [1.54, 1.807) is 12.4 Å². The molecule has 0 spiro atoms. The number of hydrogen-bond acceptors (Lipinski definition) is 6. The Morgan fingerprint density at radius 2 is 1.84 bits per heavy atom. The number of nitrogens with two attached hydrogens (primary N) is 1. The van der Waals surface area contributed by atoms with E-state index in [9.17, 15) is 9.90 Å². The van der Waals surface area contributed by atoms with Crippen LogP contribution in [0.5, 0.6) is 11.5 Å². The lowest BCUT2D eigenvalue weighted by Crippen LogP contribution is -2.14. The van der Waals surface area contributed by atoms with Crippen molar-refractivity contribution in [2.45, 2.75) is 0 Å². The Morgan fingerprint density at radius 1 is 1.06 bits per heavy atom. The molecule has 3 heterocycles. The highest BCUT2D eigenvalue weighted by Gasteiger charge is 2.25. The molecule has 0 radical (unpaired) electrons. The van der Waals surface area contributed by atoms with Crippen molar-refractivity contribution >= 4 is 17.2 Å². The number of nitrogens with zero attached hydrogens (tertiary/aromatic N) is 2. The molecule has 4 rings (SSSR count). The third kappa shape index (κ3) is 4.10. The van der Waals surface area contributed by atoms with Gasteiger partial charge in [0, 0.05) is 29.1 Å².